The van der Waals surface area contributed by atoms with E-state index in [1.807, 2.05) is 13.8 Å². The predicted octanol–water partition coefficient (Wildman–Crippen LogP) is 3.04. The molecule has 1 N–H and O–H groups in total. The molecule has 1 atom stereocenters. The second kappa shape index (κ2) is 5.47. The Bertz CT molecular complexity index is 364. The molecule has 0 radical (unpaired) electrons. The lowest BCUT2D eigenvalue weighted by Crippen LogP contribution is -2.58. The average Bonchev–Trinajstić information content (AvgIpc) is 2.25. The molecule has 1 amide bonds. The van der Waals surface area contributed by atoms with E-state index in [-0.39, 0.29) is 18.4 Å². The van der Waals surface area contributed by atoms with Crippen molar-refractivity contribution >= 4 is 6.09 Å². The summed E-state index contributed by atoms with van der Waals surface area (Å²) in [5.41, 5.74) is -0.976. The molecule has 1 fully saturated rings. The Morgan fingerprint density at radius 2 is 1.95 bits per heavy atom. The quantitative estimate of drug-likeness (QED) is 0.851. The fraction of sp³-hybridized carbons (Fsp3) is 0.929. The van der Waals surface area contributed by atoms with E-state index in [0.29, 0.717) is 6.42 Å². The van der Waals surface area contributed by atoms with E-state index in [0.717, 1.165) is 4.90 Å². The summed E-state index contributed by atoms with van der Waals surface area (Å²) >= 11 is 0. The van der Waals surface area contributed by atoms with Crippen LogP contribution >= 0.6 is 0 Å². The first-order chi connectivity index (χ1) is 8.88. The van der Waals surface area contributed by atoms with Crippen LogP contribution in [0, 0.1) is 5.41 Å². The molecule has 1 saturated heterocycles. The van der Waals surface area contributed by atoms with Gasteiger partial charge in [0, 0.05) is 6.54 Å². The molecule has 6 heteroatoms. The zero-order valence-electron chi connectivity index (χ0n) is 12.9. The smallest absolute Gasteiger partial charge is 0.410 e. The molecule has 0 bridgehead atoms. The Morgan fingerprint density at radius 1 is 1.40 bits per heavy atom. The maximum absolute atomic E-state index is 13.8. The molecule has 0 aliphatic carbocycles. The van der Waals surface area contributed by atoms with Crippen molar-refractivity contribution < 1.29 is 23.4 Å². The Hall–Kier alpha value is -0.910. The molecule has 118 valence electrons. The third kappa shape index (κ3) is 4.30. The topological polar surface area (TPSA) is 49.8 Å². The van der Waals surface area contributed by atoms with Gasteiger partial charge in [-0.3, -0.25) is 4.90 Å². The van der Waals surface area contributed by atoms with E-state index in [9.17, 15) is 13.6 Å². The monoisotopic (exact) mass is 293 g/mol. The summed E-state index contributed by atoms with van der Waals surface area (Å²) < 4.78 is 32.9. The number of carbonyl (C=O) groups is 1. The number of piperidine rings is 1. The molecule has 1 rings (SSSR count). The lowest BCUT2D eigenvalue weighted by molar-refractivity contribution is -0.133. The zero-order valence-corrected chi connectivity index (χ0v) is 12.9. The van der Waals surface area contributed by atoms with Gasteiger partial charge < -0.3 is 9.84 Å². The van der Waals surface area contributed by atoms with Gasteiger partial charge in [-0.15, -0.1) is 0 Å². The third-order valence-corrected chi connectivity index (χ3v) is 3.40. The Balaban J connectivity index is 2.97. The number of alkyl halides is 2. The van der Waals surface area contributed by atoms with Gasteiger partial charge in [0.2, 0.25) is 0 Å². The zero-order chi connectivity index (χ0) is 15.8. The Labute approximate surface area is 119 Å². The minimum absolute atomic E-state index is 0.153. The van der Waals surface area contributed by atoms with Crippen molar-refractivity contribution in [3.8, 4) is 0 Å². The van der Waals surface area contributed by atoms with Crippen LogP contribution in [0.2, 0.25) is 0 Å². The number of hydrogen-bond acceptors (Lipinski definition) is 3. The number of hydrogen-bond donors (Lipinski definition) is 1. The second-order valence-corrected chi connectivity index (χ2v) is 7.25. The van der Waals surface area contributed by atoms with Crippen LogP contribution < -0.4 is 0 Å². The fourth-order valence-electron chi connectivity index (χ4n) is 2.39. The van der Waals surface area contributed by atoms with Crippen molar-refractivity contribution in [2.45, 2.75) is 65.0 Å². The molecule has 1 heterocycles. The lowest BCUT2D eigenvalue weighted by Gasteiger charge is -2.45. The van der Waals surface area contributed by atoms with E-state index in [4.69, 9.17) is 9.84 Å². The third-order valence-electron chi connectivity index (χ3n) is 3.40. The Morgan fingerprint density at radius 3 is 2.40 bits per heavy atom. The molecule has 0 aromatic rings. The maximum atomic E-state index is 13.8. The van der Waals surface area contributed by atoms with Crippen LogP contribution in [0.5, 0.6) is 0 Å². The van der Waals surface area contributed by atoms with Gasteiger partial charge in [-0.05, 0) is 39.0 Å². The van der Waals surface area contributed by atoms with Crippen molar-refractivity contribution in [3.05, 3.63) is 0 Å². The summed E-state index contributed by atoms with van der Waals surface area (Å²) in [6.07, 6.45) is -0.0183. The molecule has 0 saturated carbocycles. The molecule has 20 heavy (non-hydrogen) atoms. The van der Waals surface area contributed by atoms with Crippen LogP contribution in [0.1, 0.15) is 47.5 Å². The summed E-state index contributed by atoms with van der Waals surface area (Å²) in [6, 6.07) is -1.31. The van der Waals surface area contributed by atoms with E-state index in [2.05, 4.69) is 0 Å². The van der Waals surface area contributed by atoms with Crippen LogP contribution in [-0.2, 0) is 4.74 Å². The molecular weight excluding hydrogens is 268 g/mol. The normalized spacial score (nSPS) is 23.6. The van der Waals surface area contributed by atoms with Gasteiger partial charge >= 0.3 is 6.09 Å². The maximum Gasteiger partial charge on any atom is 0.410 e. The molecule has 4 nitrogen and oxygen atoms in total. The lowest BCUT2D eigenvalue weighted by atomic mass is 9.80. The highest BCUT2D eigenvalue weighted by atomic mass is 19.3. The van der Waals surface area contributed by atoms with Crippen molar-refractivity contribution in [1.29, 1.82) is 0 Å². The number of halogens is 2. The molecule has 0 aromatic heterocycles. The van der Waals surface area contributed by atoms with E-state index >= 15 is 0 Å². The van der Waals surface area contributed by atoms with Crippen molar-refractivity contribution in [1.82, 2.24) is 4.90 Å². The number of rotatable bonds is 2. The van der Waals surface area contributed by atoms with Gasteiger partial charge in [-0.25, -0.2) is 13.6 Å². The van der Waals surface area contributed by atoms with Crippen LogP contribution in [0.25, 0.3) is 0 Å². The number of ether oxygens (including phenoxy) is 1. The first-order valence-electron chi connectivity index (χ1n) is 6.86. The van der Waals surface area contributed by atoms with Gasteiger partial charge in [-0.2, -0.15) is 0 Å². The summed E-state index contributed by atoms with van der Waals surface area (Å²) in [5.74, 6) is -3.31. The average molecular weight is 293 g/mol. The molecule has 0 aromatic carbocycles. The van der Waals surface area contributed by atoms with Gasteiger partial charge in [0.15, 0.2) is 0 Å². The number of aliphatic hydroxyl groups excluding tert-OH is 1. The summed E-state index contributed by atoms with van der Waals surface area (Å²) in [6.45, 7) is 7.87. The first-order valence-corrected chi connectivity index (χ1v) is 6.86. The van der Waals surface area contributed by atoms with Crippen molar-refractivity contribution in [2.75, 3.05) is 13.2 Å². The fourth-order valence-corrected chi connectivity index (χ4v) is 2.39. The standard InChI is InChI=1S/C14H25F2NO3/c1-12(2,3)20-11(19)17-8-13(4,5)7-6-10(17)14(15,16)9-18/h10,18H,6-9H2,1-5H3. The number of amides is 1. The first kappa shape index (κ1) is 17.1. The molecule has 0 spiro atoms. The highest BCUT2D eigenvalue weighted by molar-refractivity contribution is 5.69. The van der Waals surface area contributed by atoms with Gasteiger partial charge in [0.05, 0.1) is 0 Å². The number of nitrogens with zero attached hydrogens (tertiary/aromatic N) is 1. The van der Waals surface area contributed by atoms with Gasteiger partial charge in [-0.1, -0.05) is 13.8 Å². The molecule has 1 aliphatic heterocycles. The van der Waals surface area contributed by atoms with E-state index in [1.54, 1.807) is 20.8 Å². The summed E-state index contributed by atoms with van der Waals surface area (Å²) in [7, 11) is 0. The predicted molar refractivity (Wildman–Crippen MR) is 71.8 cm³/mol. The largest absolute Gasteiger partial charge is 0.444 e. The SMILES string of the molecule is CC1(C)CCC(C(F)(F)CO)N(C(=O)OC(C)(C)C)C1. The van der Waals surface area contributed by atoms with Crippen LogP contribution in [0.15, 0.2) is 0 Å². The molecule has 1 aliphatic rings. The van der Waals surface area contributed by atoms with Gasteiger partial charge in [0.25, 0.3) is 5.92 Å². The number of aliphatic hydroxyl groups is 1. The van der Waals surface area contributed by atoms with Crippen LogP contribution in [-0.4, -0.2) is 46.8 Å². The number of likely N-dealkylation sites (tertiary alicyclic amines) is 1. The van der Waals surface area contributed by atoms with E-state index < -0.39 is 30.3 Å². The second-order valence-electron chi connectivity index (χ2n) is 7.25. The highest BCUT2D eigenvalue weighted by Crippen LogP contribution is 2.38. The van der Waals surface area contributed by atoms with Crippen molar-refractivity contribution in [2.24, 2.45) is 5.41 Å². The summed E-state index contributed by atoms with van der Waals surface area (Å²) in [4.78, 5) is 13.2. The highest BCUT2D eigenvalue weighted by Gasteiger charge is 2.49. The minimum atomic E-state index is -3.31. The van der Waals surface area contributed by atoms with Crippen molar-refractivity contribution in [3.63, 3.8) is 0 Å². The van der Waals surface area contributed by atoms with Crippen LogP contribution in [0.4, 0.5) is 13.6 Å². The minimum Gasteiger partial charge on any atom is -0.444 e. The molecule has 1 unspecified atom stereocenters. The Kier molecular flexibility index (Phi) is 4.69. The van der Waals surface area contributed by atoms with E-state index in [1.165, 1.54) is 0 Å². The molecular formula is C14H25F2NO3. The number of carbonyl (C=O) groups excluding carboxylic acids is 1. The summed E-state index contributed by atoms with van der Waals surface area (Å²) in [5, 5.41) is 8.88. The van der Waals surface area contributed by atoms with Gasteiger partial charge in [0.1, 0.15) is 18.2 Å². The van der Waals surface area contributed by atoms with Crippen LogP contribution in [0.3, 0.4) is 0 Å².